The maximum atomic E-state index is 11.7. The SMILES string of the molecule is CC(C)(C)CCCC(=O)C(C)(C)C.CC(C)(C)CCCC(=O)C(C)(C)C.CC(C)(C)NCCCC(=O)OC(C)(C)C.CC(C)(C)NCCCC(=O)OC(C)(C)C.CC(C)(C)Nc1ccc(COC(=O)C(C)(C)C)cc1.CC(C)(C)Nc1ccc(COC(C)(C)C)cc1. The van der Waals surface area contributed by atoms with Gasteiger partial charge in [-0.05, 0) is 264 Å². The average Bonchev–Trinajstić information content (AvgIpc) is 0.987. The van der Waals surface area contributed by atoms with Crippen LogP contribution in [-0.4, -0.2) is 81.5 Å². The number of benzene rings is 2. The van der Waals surface area contributed by atoms with Gasteiger partial charge in [-0.25, -0.2) is 0 Å². The van der Waals surface area contributed by atoms with Gasteiger partial charge < -0.3 is 40.2 Å². The molecule has 0 aliphatic carbocycles. The normalized spacial score (nSPS) is 12.7. The molecular weight excluding hydrogens is 1150 g/mol. The van der Waals surface area contributed by atoms with E-state index in [-0.39, 0.29) is 67.7 Å². The maximum absolute atomic E-state index is 11.7. The molecule has 0 heterocycles. The van der Waals surface area contributed by atoms with Gasteiger partial charge in [0.25, 0.3) is 0 Å². The molecule has 0 fully saturated rings. The summed E-state index contributed by atoms with van der Waals surface area (Å²) in [5, 5.41) is 13.5. The van der Waals surface area contributed by atoms with Gasteiger partial charge in [0.15, 0.2) is 0 Å². The van der Waals surface area contributed by atoms with Crippen molar-refractivity contribution in [3.05, 3.63) is 59.7 Å². The van der Waals surface area contributed by atoms with Crippen molar-refractivity contribution in [1.29, 1.82) is 0 Å². The fourth-order valence-electron chi connectivity index (χ4n) is 7.39. The molecule has 0 radical (unpaired) electrons. The molecule has 0 spiro atoms. The Balaban J connectivity index is -0.000000508. The number of nitrogens with one attached hydrogen (secondary N) is 4. The Morgan fingerprint density at radius 3 is 0.859 bits per heavy atom. The molecule has 538 valence electrons. The van der Waals surface area contributed by atoms with Crippen LogP contribution in [0.2, 0.25) is 0 Å². The van der Waals surface area contributed by atoms with Gasteiger partial charge in [0, 0.05) is 70.0 Å². The van der Waals surface area contributed by atoms with E-state index in [1.165, 1.54) is 5.56 Å². The van der Waals surface area contributed by atoms with Crippen molar-refractivity contribution in [3.8, 4) is 0 Å². The van der Waals surface area contributed by atoms with Gasteiger partial charge in [0.2, 0.25) is 0 Å². The third kappa shape index (κ3) is 68.5. The largest absolute Gasteiger partial charge is 0.460 e. The van der Waals surface area contributed by atoms with Crippen LogP contribution in [-0.2, 0) is 56.1 Å². The summed E-state index contributed by atoms with van der Waals surface area (Å²) in [5.74, 6) is 0.370. The lowest BCUT2D eigenvalue weighted by Crippen LogP contribution is -2.36. The second-order valence-electron chi connectivity index (χ2n) is 37.3. The maximum Gasteiger partial charge on any atom is 0.311 e. The fourth-order valence-corrected chi connectivity index (χ4v) is 7.39. The Kier molecular flexibility index (Phi) is 41.8. The van der Waals surface area contributed by atoms with E-state index in [0.29, 0.717) is 48.5 Å². The first-order valence-corrected chi connectivity index (χ1v) is 34.3. The second kappa shape index (κ2) is 40.9. The highest BCUT2D eigenvalue weighted by Crippen LogP contribution is 2.27. The van der Waals surface area contributed by atoms with Crippen LogP contribution >= 0.6 is 0 Å². The van der Waals surface area contributed by atoms with Crippen LogP contribution in [0.4, 0.5) is 11.4 Å². The molecule has 0 aliphatic heterocycles. The van der Waals surface area contributed by atoms with Gasteiger partial charge in [-0.3, -0.25) is 24.0 Å². The first kappa shape index (κ1) is 94.1. The number of Topliss-reactive ketones (excluding diaryl/α,β-unsaturated/α-hetero) is 2. The predicted octanol–water partition coefficient (Wildman–Crippen LogP) is 20.8. The minimum Gasteiger partial charge on any atom is -0.460 e. The molecule has 0 atom stereocenters. The van der Waals surface area contributed by atoms with Gasteiger partial charge in [-0.15, -0.1) is 0 Å². The summed E-state index contributed by atoms with van der Waals surface area (Å²) in [6, 6.07) is 16.4. The van der Waals surface area contributed by atoms with Gasteiger partial charge in [-0.1, -0.05) is 107 Å². The number of hydrogen-bond acceptors (Lipinski definition) is 13. The molecule has 0 aliphatic rings. The molecule has 92 heavy (non-hydrogen) atoms. The quantitative estimate of drug-likeness (QED) is 0.0562. The van der Waals surface area contributed by atoms with E-state index in [4.69, 9.17) is 18.9 Å². The highest BCUT2D eigenvalue weighted by molar-refractivity contribution is 5.84. The highest BCUT2D eigenvalue weighted by atomic mass is 16.6. The standard InChI is InChI=1S/C16H25NO2.C15H25NO.2C12H25NO2.2C12H24O/c1-15(2,3)14(18)19-11-12-7-9-13(10-8-12)17-16(4,5)6;1-14(2,3)16-13-9-7-12(8-10-13)11-17-15(4,5)6;2*1-11(2,3)13-9-7-8-10(14)15-12(4,5)6;2*1-11(2,3)9-7-8-10(13)12(4,5)6/h7-10,17H,11H2,1-6H3;7-10,16H,11H2,1-6H3;2*13H,7-9H2,1-6H3;2*7-9H2,1-6H3. The first-order valence-electron chi connectivity index (χ1n) is 34.3. The topological polar surface area (TPSA) is 170 Å². The summed E-state index contributed by atoms with van der Waals surface area (Å²) in [6.07, 6.45) is 8.42. The van der Waals surface area contributed by atoms with Crippen LogP contribution < -0.4 is 21.3 Å². The number of carbonyl (C=O) groups is 5. The molecule has 13 nitrogen and oxygen atoms in total. The Bertz CT molecular complexity index is 2250. The lowest BCUT2D eigenvalue weighted by molar-refractivity contribution is -0.156. The van der Waals surface area contributed by atoms with Gasteiger partial charge in [0.1, 0.15) is 29.4 Å². The summed E-state index contributed by atoms with van der Waals surface area (Å²) in [5.41, 5.74) is 3.95. The van der Waals surface area contributed by atoms with Crippen molar-refractivity contribution >= 4 is 40.8 Å². The van der Waals surface area contributed by atoms with E-state index in [1.54, 1.807) is 0 Å². The van der Waals surface area contributed by atoms with Crippen LogP contribution in [0.1, 0.15) is 325 Å². The summed E-state index contributed by atoms with van der Waals surface area (Å²) in [6.45, 7) is 76.5. The summed E-state index contributed by atoms with van der Waals surface area (Å²) >= 11 is 0. The second-order valence-corrected chi connectivity index (χ2v) is 37.3. The molecule has 2 aromatic carbocycles. The minimum absolute atomic E-state index is 0.0419. The molecule has 0 bridgehead atoms. The van der Waals surface area contributed by atoms with E-state index >= 15 is 0 Å². The van der Waals surface area contributed by atoms with E-state index in [1.807, 2.05) is 128 Å². The summed E-state index contributed by atoms with van der Waals surface area (Å²) < 4.78 is 21.4. The van der Waals surface area contributed by atoms with Crippen molar-refractivity contribution in [3.63, 3.8) is 0 Å². The number of esters is 3. The third-order valence-electron chi connectivity index (χ3n) is 12.2. The van der Waals surface area contributed by atoms with Crippen LogP contribution in [0.25, 0.3) is 0 Å². The smallest absolute Gasteiger partial charge is 0.311 e. The molecule has 0 aromatic heterocycles. The van der Waals surface area contributed by atoms with Crippen molar-refractivity contribution in [2.45, 2.75) is 366 Å². The molecule has 0 saturated heterocycles. The van der Waals surface area contributed by atoms with E-state index in [2.05, 4.69) is 191 Å². The molecule has 0 amide bonds. The van der Waals surface area contributed by atoms with Crippen LogP contribution in [0.5, 0.6) is 0 Å². The van der Waals surface area contributed by atoms with Gasteiger partial charge in [0.05, 0.1) is 17.6 Å². The summed E-state index contributed by atoms with van der Waals surface area (Å²) in [7, 11) is 0. The van der Waals surface area contributed by atoms with Crippen molar-refractivity contribution in [2.75, 3.05) is 23.7 Å². The zero-order valence-corrected chi connectivity index (χ0v) is 66.7. The van der Waals surface area contributed by atoms with Crippen molar-refractivity contribution in [2.24, 2.45) is 27.1 Å². The Morgan fingerprint density at radius 2 is 0.630 bits per heavy atom. The highest BCUT2D eigenvalue weighted by Gasteiger charge is 2.25. The zero-order valence-electron chi connectivity index (χ0n) is 66.7. The molecule has 4 N–H and O–H groups in total. The third-order valence-corrected chi connectivity index (χ3v) is 12.2. The lowest BCUT2D eigenvalue weighted by Gasteiger charge is -2.22. The molecule has 13 heteroatoms. The molecular formula is C79H148N4O9. The Labute approximate surface area is 567 Å². The number of rotatable bonds is 20. The number of ketones is 2. The van der Waals surface area contributed by atoms with Crippen LogP contribution in [0, 0.1) is 27.1 Å². The zero-order chi connectivity index (χ0) is 73.4. The number of carbonyl (C=O) groups excluding carboxylic acids is 5. The predicted molar refractivity (Wildman–Crippen MR) is 395 cm³/mol. The average molecular weight is 1300 g/mol. The molecule has 2 rings (SSSR count). The van der Waals surface area contributed by atoms with Crippen molar-refractivity contribution in [1.82, 2.24) is 10.6 Å². The van der Waals surface area contributed by atoms with E-state index < -0.39 is 5.41 Å². The van der Waals surface area contributed by atoms with Crippen molar-refractivity contribution < 1.29 is 42.9 Å². The van der Waals surface area contributed by atoms with Crippen LogP contribution in [0.15, 0.2) is 48.5 Å². The summed E-state index contributed by atoms with van der Waals surface area (Å²) in [4.78, 5) is 57.4. The Morgan fingerprint density at radius 1 is 0.337 bits per heavy atom. The monoisotopic (exact) mass is 1300 g/mol. The molecule has 2 aromatic rings. The minimum atomic E-state index is -0.451. The number of hydrogen-bond donors (Lipinski definition) is 4. The molecule has 0 unspecified atom stereocenters. The lowest BCUT2D eigenvalue weighted by atomic mass is 9.84. The first-order chi connectivity index (χ1) is 40.7. The van der Waals surface area contributed by atoms with Gasteiger partial charge >= 0.3 is 17.9 Å². The fraction of sp³-hybridized carbons (Fsp3) is 0.785. The molecule has 0 saturated carbocycles. The van der Waals surface area contributed by atoms with Crippen LogP contribution in [0.3, 0.4) is 0 Å². The Hall–Kier alpha value is -4.33. The van der Waals surface area contributed by atoms with E-state index in [9.17, 15) is 24.0 Å². The van der Waals surface area contributed by atoms with E-state index in [0.717, 1.165) is 81.4 Å². The van der Waals surface area contributed by atoms with Gasteiger partial charge in [-0.2, -0.15) is 0 Å². The number of ether oxygens (including phenoxy) is 4. The number of anilines is 2.